The second-order valence-corrected chi connectivity index (χ2v) is 1.90. The van der Waals surface area contributed by atoms with E-state index in [0.717, 1.165) is 0 Å². The van der Waals surface area contributed by atoms with Crippen molar-refractivity contribution < 1.29 is 32.3 Å². The predicted octanol–water partition coefficient (Wildman–Crippen LogP) is 0.339. The van der Waals surface area contributed by atoms with Crippen molar-refractivity contribution in [1.29, 1.82) is 0 Å². The fraction of sp³-hybridized carbons (Fsp3) is 0.600. The van der Waals surface area contributed by atoms with Crippen LogP contribution in [0.2, 0.25) is 0 Å². The van der Waals surface area contributed by atoms with E-state index in [9.17, 15) is 22.8 Å². The van der Waals surface area contributed by atoms with Crippen molar-refractivity contribution >= 4 is 12.1 Å². The van der Waals surface area contributed by atoms with Crippen molar-refractivity contribution in [2.75, 3.05) is 6.61 Å². The number of nitrogens with two attached hydrogens (primary N) is 1. The molecule has 0 unspecified atom stereocenters. The summed E-state index contributed by atoms with van der Waals surface area (Å²) in [4.78, 5) is 24.0. The Labute approximate surface area is 76.3 Å². The van der Waals surface area contributed by atoms with E-state index in [1.54, 1.807) is 0 Å². The molecule has 0 aromatic carbocycles. The van der Waals surface area contributed by atoms with Crippen LogP contribution in [-0.4, -0.2) is 30.0 Å². The minimum Gasteiger partial charge on any atom is -0.447 e. The summed E-state index contributed by atoms with van der Waals surface area (Å²) in [7, 11) is 0. The van der Waals surface area contributed by atoms with Crippen LogP contribution in [0.25, 0.3) is 0 Å². The van der Waals surface area contributed by atoms with Gasteiger partial charge in [0.2, 0.25) is 0 Å². The molecule has 82 valence electrons. The average Bonchev–Trinajstić information content (AvgIpc) is 2.02. The zero-order valence-electron chi connectivity index (χ0n) is 7.00. The average molecular weight is 216 g/mol. The van der Waals surface area contributed by atoms with E-state index in [1.165, 1.54) is 6.92 Å². The Bertz CT molecular complexity index is 230. The lowest BCUT2D eigenvalue weighted by Crippen LogP contribution is -2.43. The first-order valence-corrected chi connectivity index (χ1v) is 3.29. The van der Waals surface area contributed by atoms with Crippen LogP contribution >= 0.6 is 0 Å². The smallest absolute Gasteiger partial charge is 0.447 e. The molecule has 0 heterocycles. The summed E-state index contributed by atoms with van der Waals surface area (Å²) in [6, 6.07) is 0. The number of ether oxygens (including phenoxy) is 1. The fourth-order valence-electron chi connectivity index (χ4n) is 0.365. The maximum Gasteiger partial charge on any atom is 0.493 e. The molecule has 0 aromatic heterocycles. The molecule has 6 nitrogen and oxygen atoms in total. The predicted molar refractivity (Wildman–Crippen MR) is 35.2 cm³/mol. The lowest BCUT2D eigenvalue weighted by Gasteiger charge is -2.14. The van der Waals surface area contributed by atoms with Gasteiger partial charge in [0.1, 0.15) is 0 Å². The molecular weight excluding hydrogens is 209 g/mol. The van der Waals surface area contributed by atoms with Crippen molar-refractivity contribution in [2.24, 2.45) is 5.84 Å². The van der Waals surface area contributed by atoms with Gasteiger partial charge in [0.05, 0.1) is 6.61 Å². The van der Waals surface area contributed by atoms with E-state index >= 15 is 0 Å². The van der Waals surface area contributed by atoms with Crippen LogP contribution in [0.3, 0.4) is 0 Å². The van der Waals surface area contributed by atoms with Gasteiger partial charge >= 0.3 is 18.2 Å². The van der Waals surface area contributed by atoms with Crippen molar-refractivity contribution in [3.8, 4) is 0 Å². The Kier molecular flexibility index (Phi) is 4.15. The highest BCUT2D eigenvalue weighted by Crippen LogP contribution is 2.16. The van der Waals surface area contributed by atoms with Crippen LogP contribution in [0.15, 0.2) is 0 Å². The molecule has 0 aliphatic rings. The van der Waals surface area contributed by atoms with Crippen LogP contribution in [0.5, 0.6) is 0 Å². The number of rotatable bonds is 1. The normalized spacial score (nSPS) is 10.6. The standard InChI is InChI=1S/C5H7F3N2O4/c1-2-13-4(12)10(9)14-3(11)5(6,7)8/h2,9H2,1H3. The molecule has 0 atom stereocenters. The minimum absolute atomic E-state index is 0.115. The van der Waals surface area contributed by atoms with Gasteiger partial charge in [-0.25, -0.2) is 15.4 Å². The minimum atomic E-state index is -5.22. The molecule has 0 aliphatic heterocycles. The molecule has 14 heavy (non-hydrogen) atoms. The molecule has 0 aromatic rings. The van der Waals surface area contributed by atoms with Gasteiger partial charge in [-0.15, -0.1) is 0 Å². The lowest BCUT2D eigenvalue weighted by atomic mass is 10.7. The van der Waals surface area contributed by atoms with E-state index in [1.807, 2.05) is 0 Å². The topological polar surface area (TPSA) is 81.9 Å². The van der Waals surface area contributed by atoms with E-state index in [0.29, 0.717) is 0 Å². The van der Waals surface area contributed by atoms with Crippen molar-refractivity contribution in [1.82, 2.24) is 5.17 Å². The van der Waals surface area contributed by atoms with Crippen molar-refractivity contribution in [3.63, 3.8) is 0 Å². The lowest BCUT2D eigenvalue weighted by molar-refractivity contribution is -0.231. The molecule has 0 saturated carbocycles. The first-order chi connectivity index (χ1) is 6.29. The van der Waals surface area contributed by atoms with Crippen LogP contribution in [0.1, 0.15) is 6.92 Å². The van der Waals surface area contributed by atoms with Crippen molar-refractivity contribution in [2.45, 2.75) is 13.1 Å². The number of alkyl halides is 3. The van der Waals surface area contributed by atoms with Gasteiger partial charge in [0.15, 0.2) is 0 Å². The van der Waals surface area contributed by atoms with Gasteiger partial charge in [0, 0.05) is 0 Å². The van der Waals surface area contributed by atoms with Gasteiger partial charge in [-0.2, -0.15) is 13.2 Å². The highest BCUT2D eigenvalue weighted by molar-refractivity contribution is 5.77. The SMILES string of the molecule is CCOC(=O)N(N)OC(=O)C(F)(F)F. The molecule has 1 amide bonds. The Balaban J connectivity index is 4.13. The fourth-order valence-corrected chi connectivity index (χ4v) is 0.365. The zero-order valence-corrected chi connectivity index (χ0v) is 7.00. The first kappa shape index (κ1) is 12.5. The molecule has 0 rings (SSSR count). The molecule has 0 aliphatic carbocycles. The van der Waals surface area contributed by atoms with Crippen LogP contribution < -0.4 is 5.84 Å². The number of amides is 1. The van der Waals surface area contributed by atoms with Gasteiger partial charge in [-0.05, 0) is 6.92 Å². The quantitative estimate of drug-likeness (QED) is 0.388. The third kappa shape index (κ3) is 3.94. The van der Waals surface area contributed by atoms with E-state index in [4.69, 9.17) is 0 Å². The second kappa shape index (κ2) is 4.65. The van der Waals surface area contributed by atoms with Crippen LogP contribution in [0.4, 0.5) is 18.0 Å². The maximum absolute atomic E-state index is 11.5. The molecule has 9 heteroatoms. The Hall–Kier alpha value is -1.51. The second-order valence-electron chi connectivity index (χ2n) is 1.90. The summed E-state index contributed by atoms with van der Waals surface area (Å²) in [6.45, 7) is 1.29. The molecular formula is C5H7F3N2O4. The number of carbonyl (C=O) groups is 2. The van der Waals surface area contributed by atoms with Gasteiger partial charge in [0.25, 0.3) is 0 Å². The number of halogens is 3. The van der Waals surface area contributed by atoms with Gasteiger partial charge < -0.3 is 9.57 Å². The molecule has 2 N–H and O–H groups in total. The highest BCUT2D eigenvalue weighted by atomic mass is 19.4. The summed E-state index contributed by atoms with van der Waals surface area (Å²) in [6.07, 6.45) is -6.62. The molecule has 0 saturated heterocycles. The summed E-state index contributed by atoms with van der Waals surface area (Å²) < 4.78 is 38.8. The molecule has 0 spiro atoms. The number of hydrazine groups is 1. The number of hydrogen-bond donors (Lipinski definition) is 1. The largest absolute Gasteiger partial charge is 0.493 e. The summed E-state index contributed by atoms with van der Waals surface area (Å²) in [5, 5.41) is -0.431. The Morgan fingerprint density at radius 2 is 1.93 bits per heavy atom. The highest BCUT2D eigenvalue weighted by Gasteiger charge is 2.43. The molecule has 0 bridgehead atoms. The Morgan fingerprint density at radius 3 is 2.29 bits per heavy atom. The number of nitrogens with zero attached hydrogens (tertiary/aromatic N) is 1. The molecule has 0 fully saturated rings. The number of carbonyl (C=O) groups excluding carboxylic acids is 2. The molecule has 0 radical (unpaired) electrons. The zero-order chi connectivity index (χ0) is 11.4. The Morgan fingerprint density at radius 1 is 1.43 bits per heavy atom. The third-order valence-electron chi connectivity index (χ3n) is 0.860. The third-order valence-corrected chi connectivity index (χ3v) is 0.860. The van der Waals surface area contributed by atoms with E-state index in [2.05, 4.69) is 15.4 Å². The van der Waals surface area contributed by atoms with E-state index < -0.39 is 23.4 Å². The first-order valence-electron chi connectivity index (χ1n) is 3.29. The van der Waals surface area contributed by atoms with Crippen LogP contribution in [-0.2, 0) is 14.4 Å². The summed E-state index contributed by atoms with van der Waals surface area (Å²) in [5.41, 5.74) is 0. The van der Waals surface area contributed by atoms with Gasteiger partial charge in [-0.1, -0.05) is 5.17 Å². The summed E-state index contributed by atoms with van der Waals surface area (Å²) in [5.74, 6) is 2.01. The van der Waals surface area contributed by atoms with Gasteiger partial charge in [-0.3, -0.25) is 0 Å². The van der Waals surface area contributed by atoms with E-state index in [-0.39, 0.29) is 6.61 Å². The summed E-state index contributed by atoms with van der Waals surface area (Å²) >= 11 is 0. The number of hydrogen-bond acceptors (Lipinski definition) is 5. The van der Waals surface area contributed by atoms with Crippen molar-refractivity contribution in [3.05, 3.63) is 0 Å². The maximum atomic E-state index is 11.5. The monoisotopic (exact) mass is 216 g/mol. The van der Waals surface area contributed by atoms with Crippen LogP contribution in [0, 0.1) is 0 Å². The number of hydroxylamine groups is 1.